The molecule has 0 radical (unpaired) electrons. The fourth-order valence-corrected chi connectivity index (χ4v) is 3.88. The summed E-state index contributed by atoms with van der Waals surface area (Å²) in [7, 11) is 2.21. The summed E-state index contributed by atoms with van der Waals surface area (Å²) in [6, 6.07) is 7.59. The zero-order chi connectivity index (χ0) is 15.1. The van der Waals surface area contributed by atoms with Crippen LogP contribution in [0.3, 0.4) is 0 Å². The van der Waals surface area contributed by atoms with Crippen LogP contribution < -0.4 is 0 Å². The second kappa shape index (κ2) is 6.05. The molecule has 2 aromatic rings. The van der Waals surface area contributed by atoms with Crippen molar-refractivity contribution in [3.05, 3.63) is 27.6 Å². The van der Waals surface area contributed by atoms with E-state index in [-0.39, 0.29) is 5.38 Å². The average molecular weight is 418 g/mol. The van der Waals surface area contributed by atoms with Gasteiger partial charge in [-0.3, -0.25) is 0 Å². The topological polar surface area (TPSA) is 21.1 Å². The molecule has 1 fully saturated rings. The molecule has 1 aromatic heterocycles. The van der Waals surface area contributed by atoms with E-state index in [0.29, 0.717) is 12.1 Å². The molecule has 3 rings (SSSR count). The number of imidazole rings is 1. The maximum atomic E-state index is 6.41. The van der Waals surface area contributed by atoms with Gasteiger partial charge in [-0.1, -0.05) is 0 Å². The summed E-state index contributed by atoms with van der Waals surface area (Å²) in [5.74, 6) is 1.01. The van der Waals surface area contributed by atoms with Crippen molar-refractivity contribution < 1.29 is 0 Å². The summed E-state index contributed by atoms with van der Waals surface area (Å²) in [6.45, 7) is 5.45. The van der Waals surface area contributed by atoms with Crippen molar-refractivity contribution in [2.45, 2.75) is 44.1 Å². The number of hydrogen-bond donors (Lipinski definition) is 0. The third-order valence-corrected chi connectivity index (χ3v) is 5.45. The van der Waals surface area contributed by atoms with Gasteiger partial charge < -0.3 is 9.47 Å². The molecule has 21 heavy (non-hydrogen) atoms. The van der Waals surface area contributed by atoms with Crippen LogP contribution in [0.5, 0.6) is 0 Å². The molecule has 0 spiro atoms. The summed E-state index contributed by atoms with van der Waals surface area (Å²) in [5, 5.41) is -0.0648. The highest BCUT2D eigenvalue weighted by molar-refractivity contribution is 14.1. The number of nitrogens with zero attached hydrogens (tertiary/aromatic N) is 3. The van der Waals surface area contributed by atoms with Crippen LogP contribution in [0.1, 0.15) is 43.9 Å². The number of benzene rings is 1. The summed E-state index contributed by atoms with van der Waals surface area (Å²) < 4.78 is 3.61. The van der Waals surface area contributed by atoms with E-state index in [1.807, 2.05) is 6.92 Å². The molecule has 1 saturated heterocycles. The molecule has 3 nitrogen and oxygen atoms in total. The molecule has 0 amide bonds. The van der Waals surface area contributed by atoms with Gasteiger partial charge in [0.1, 0.15) is 5.82 Å². The second-order valence-electron chi connectivity index (χ2n) is 6.10. The molecule has 1 aliphatic rings. The number of alkyl halides is 1. The molecule has 2 heterocycles. The quantitative estimate of drug-likeness (QED) is 0.526. The van der Waals surface area contributed by atoms with Gasteiger partial charge in [-0.25, -0.2) is 4.98 Å². The minimum Gasteiger partial charge on any atom is -0.324 e. The lowest BCUT2D eigenvalue weighted by molar-refractivity contribution is 0.157. The minimum absolute atomic E-state index is 0.0648. The molecule has 114 valence electrons. The smallest absolute Gasteiger partial charge is 0.127 e. The predicted molar refractivity (Wildman–Crippen MR) is 97.1 cm³/mol. The van der Waals surface area contributed by atoms with Gasteiger partial charge in [0.2, 0.25) is 0 Å². The van der Waals surface area contributed by atoms with Gasteiger partial charge >= 0.3 is 0 Å². The zero-order valence-corrected chi connectivity index (χ0v) is 15.6. The summed E-state index contributed by atoms with van der Waals surface area (Å²) >= 11 is 8.75. The van der Waals surface area contributed by atoms with Crippen LogP contribution in [0.4, 0.5) is 0 Å². The SMILES string of the molecule is CC(Cl)c1nc2cc(I)ccc2n1C1CCN(C)C(C)C1. The summed E-state index contributed by atoms with van der Waals surface area (Å²) in [4.78, 5) is 7.24. The van der Waals surface area contributed by atoms with Crippen LogP contribution in [0.25, 0.3) is 11.0 Å². The van der Waals surface area contributed by atoms with Crippen molar-refractivity contribution in [1.29, 1.82) is 0 Å². The van der Waals surface area contributed by atoms with Crippen LogP contribution in [0.2, 0.25) is 0 Å². The Hall–Kier alpha value is -0.330. The third kappa shape index (κ3) is 2.94. The molecule has 5 heteroatoms. The highest BCUT2D eigenvalue weighted by atomic mass is 127. The van der Waals surface area contributed by atoms with E-state index >= 15 is 0 Å². The molecule has 3 atom stereocenters. The summed E-state index contributed by atoms with van der Waals surface area (Å²) in [5.41, 5.74) is 2.29. The van der Waals surface area contributed by atoms with Gasteiger partial charge in [-0.2, -0.15) is 0 Å². The lowest BCUT2D eigenvalue weighted by Gasteiger charge is -2.36. The van der Waals surface area contributed by atoms with Gasteiger partial charge in [0.15, 0.2) is 0 Å². The molecule has 1 aromatic carbocycles. The Morgan fingerprint density at radius 3 is 2.86 bits per heavy atom. The molecule has 3 unspecified atom stereocenters. The first-order chi connectivity index (χ1) is 9.97. The van der Waals surface area contributed by atoms with Crippen molar-refractivity contribution in [2.24, 2.45) is 0 Å². The first kappa shape index (κ1) is 15.6. The van der Waals surface area contributed by atoms with Crippen LogP contribution in [-0.2, 0) is 0 Å². The lowest BCUT2D eigenvalue weighted by Crippen LogP contribution is -2.38. The number of rotatable bonds is 2. The number of halogens is 2. The Bertz CT molecular complexity index is 652. The third-order valence-electron chi connectivity index (χ3n) is 4.58. The van der Waals surface area contributed by atoms with Crippen molar-refractivity contribution in [2.75, 3.05) is 13.6 Å². The normalized spacial score (nSPS) is 25.4. The lowest BCUT2D eigenvalue weighted by atomic mass is 9.98. The molecular weight excluding hydrogens is 397 g/mol. The van der Waals surface area contributed by atoms with E-state index in [9.17, 15) is 0 Å². The van der Waals surface area contributed by atoms with Gasteiger partial charge in [0, 0.05) is 22.2 Å². The maximum absolute atomic E-state index is 6.41. The molecule has 0 saturated carbocycles. The van der Waals surface area contributed by atoms with Crippen molar-refractivity contribution in [3.8, 4) is 0 Å². The fourth-order valence-electron chi connectivity index (χ4n) is 3.25. The monoisotopic (exact) mass is 417 g/mol. The first-order valence-electron chi connectivity index (χ1n) is 7.49. The Morgan fingerprint density at radius 2 is 2.19 bits per heavy atom. The van der Waals surface area contributed by atoms with Gasteiger partial charge in [0.05, 0.1) is 16.4 Å². The zero-order valence-electron chi connectivity index (χ0n) is 12.7. The predicted octanol–water partition coefficient (Wildman–Crippen LogP) is 4.60. The van der Waals surface area contributed by atoms with Crippen LogP contribution in [0, 0.1) is 3.57 Å². The number of likely N-dealkylation sites (tertiary alicyclic amines) is 1. The highest BCUT2D eigenvalue weighted by Gasteiger charge is 2.28. The van der Waals surface area contributed by atoms with E-state index in [1.165, 1.54) is 9.09 Å². The van der Waals surface area contributed by atoms with Crippen LogP contribution in [0.15, 0.2) is 18.2 Å². The van der Waals surface area contributed by atoms with E-state index in [1.54, 1.807) is 0 Å². The standard InChI is InChI=1S/C16H21ClIN3/c1-10-8-13(6-7-20(10)3)21-15-5-4-12(18)9-14(15)19-16(21)11(2)17/h4-5,9-11,13H,6-8H2,1-3H3. The first-order valence-corrected chi connectivity index (χ1v) is 9.00. The second-order valence-corrected chi connectivity index (χ2v) is 8.00. The van der Waals surface area contributed by atoms with E-state index < -0.39 is 0 Å². The molecule has 0 N–H and O–H groups in total. The van der Waals surface area contributed by atoms with Gasteiger partial charge in [-0.15, -0.1) is 11.6 Å². The number of aromatic nitrogens is 2. The number of hydrogen-bond acceptors (Lipinski definition) is 2. The average Bonchev–Trinajstić information content (AvgIpc) is 2.80. The Kier molecular flexibility index (Phi) is 4.48. The minimum atomic E-state index is -0.0648. The van der Waals surface area contributed by atoms with Crippen molar-refractivity contribution >= 4 is 45.2 Å². The maximum Gasteiger partial charge on any atom is 0.127 e. The van der Waals surface area contributed by atoms with Crippen LogP contribution in [-0.4, -0.2) is 34.1 Å². The Labute approximate surface area is 144 Å². The largest absolute Gasteiger partial charge is 0.324 e. The van der Waals surface area contributed by atoms with Gasteiger partial charge in [0.25, 0.3) is 0 Å². The molecule has 1 aliphatic heterocycles. The Morgan fingerprint density at radius 1 is 1.43 bits per heavy atom. The fraction of sp³-hybridized carbons (Fsp3) is 0.562. The number of piperidine rings is 1. The van der Waals surface area contributed by atoms with E-state index in [2.05, 4.69) is 64.2 Å². The Balaban J connectivity index is 2.09. The highest BCUT2D eigenvalue weighted by Crippen LogP contribution is 2.34. The number of fused-ring (bicyclic) bond motifs is 1. The molecule has 0 aliphatic carbocycles. The van der Waals surface area contributed by atoms with Crippen LogP contribution >= 0.6 is 34.2 Å². The summed E-state index contributed by atoms with van der Waals surface area (Å²) in [6.07, 6.45) is 2.32. The molecule has 0 bridgehead atoms. The molecular formula is C16H21ClIN3. The van der Waals surface area contributed by atoms with E-state index in [4.69, 9.17) is 16.6 Å². The van der Waals surface area contributed by atoms with Crippen molar-refractivity contribution in [1.82, 2.24) is 14.5 Å². The van der Waals surface area contributed by atoms with Crippen molar-refractivity contribution in [3.63, 3.8) is 0 Å². The van der Waals surface area contributed by atoms with E-state index in [0.717, 1.165) is 30.7 Å². The van der Waals surface area contributed by atoms with Gasteiger partial charge in [-0.05, 0) is 74.5 Å².